The zero-order chi connectivity index (χ0) is 17.5. The first kappa shape index (κ1) is 18.0. The number of benzene rings is 1. The Labute approximate surface area is 142 Å². The van der Waals surface area contributed by atoms with Gasteiger partial charge in [-0.15, -0.1) is 0 Å². The summed E-state index contributed by atoms with van der Waals surface area (Å²) in [6.07, 6.45) is 3.86. The van der Waals surface area contributed by atoms with Crippen molar-refractivity contribution >= 4 is 23.5 Å². The zero-order valence-corrected chi connectivity index (χ0v) is 14.1. The molecule has 0 aromatic heterocycles. The SMILES string of the molecule is CC(=O)NC(C(=O)OCC(=O)Nc1ccc(C)cc1)C1CCCC1. The maximum Gasteiger partial charge on any atom is 0.329 e. The van der Waals surface area contributed by atoms with E-state index < -0.39 is 17.9 Å². The molecular weight excluding hydrogens is 308 g/mol. The lowest BCUT2D eigenvalue weighted by Gasteiger charge is -2.22. The number of amides is 2. The van der Waals surface area contributed by atoms with E-state index in [1.165, 1.54) is 6.92 Å². The van der Waals surface area contributed by atoms with Gasteiger partial charge >= 0.3 is 5.97 Å². The molecule has 1 unspecified atom stereocenters. The molecule has 1 aliphatic carbocycles. The van der Waals surface area contributed by atoms with Crippen molar-refractivity contribution in [2.75, 3.05) is 11.9 Å². The van der Waals surface area contributed by atoms with E-state index in [1.807, 2.05) is 19.1 Å². The van der Waals surface area contributed by atoms with E-state index in [1.54, 1.807) is 12.1 Å². The van der Waals surface area contributed by atoms with Crippen molar-refractivity contribution < 1.29 is 19.1 Å². The fraction of sp³-hybridized carbons (Fsp3) is 0.500. The highest BCUT2D eigenvalue weighted by molar-refractivity contribution is 5.93. The first-order valence-electron chi connectivity index (χ1n) is 8.26. The van der Waals surface area contributed by atoms with Crippen molar-refractivity contribution in [2.45, 2.75) is 45.6 Å². The minimum absolute atomic E-state index is 0.0848. The Morgan fingerprint density at radius 1 is 1.17 bits per heavy atom. The summed E-state index contributed by atoms with van der Waals surface area (Å²) in [5.74, 6) is -1.13. The van der Waals surface area contributed by atoms with Gasteiger partial charge in [0.25, 0.3) is 5.91 Å². The van der Waals surface area contributed by atoms with Crippen LogP contribution < -0.4 is 10.6 Å². The fourth-order valence-electron chi connectivity index (χ4n) is 2.94. The van der Waals surface area contributed by atoms with E-state index in [4.69, 9.17) is 4.74 Å². The Balaban J connectivity index is 1.85. The summed E-state index contributed by atoms with van der Waals surface area (Å²) in [5, 5.41) is 5.33. The maximum absolute atomic E-state index is 12.3. The topological polar surface area (TPSA) is 84.5 Å². The molecule has 0 heterocycles. The molecule has 130 valence electrons. The van der Waals surface area contributed by atoms with Gasteiger partial charge in [-0.25, -0.2) is 4.79 Å². The highest BCUT2D eigenvalue weighted by Crippen LogP contribution is 2.28. The van der Waals surface area contributed by atoms with E-state index in [2.05, 4.69) is 10.6 Å². The summed E-state index contributed by atoms with van der Waals surface area (Å²) in [7, 11) is 0. The van der Waals surface area contributed by atoms with Crippen molar-refractivity contribution in [1.82, 2.24) is 5.32 Å². The van der Waals surface area contributed by atoms with Gasteiger partial charge in [-0.05, 0) is 37.8 Å². The van der Waals surface area contributed by atoms with Crippen LogP contribution in [0.3, 0.4) is 0 Å². The molecule has 0 radical (unpaired) electrons. The van der Waals surface area contributed by atoms with Crippen LogP contribution >= 0.6 is 0 Å². The molecule has 2 amide bonds. The van der Waals surface area contributed by atoms with Crippen LogP contribution in [0.2, 0.25) is 0 Å². The predicted octanol–water partition coefficient (Wildman–Crippen LogP) is 2.17. The van der Waals surface area contributed by atoms with Crippen LogP contribution in [0.4, 0.5) is 5.69 Å². The quantitative estimate of drug-likeness (QED) is 0.782. The smallest absolute Gasteiger partial charge is 0.329 e. The number of anilines is 1. The van der Waals surface area contributed by atoms with Gasteiger partial charge in [-0.2, -0.15) is 0 Å². The van der Waals surface area contributed by atoms with E-state index in [9.17, 15) is 14.4 Å². The third kappa shape index (κ3) is 5.37. The summed E-state index contributed by atoms with van der Waals surface area (Å²) >= 11 is 0. The molecule has 0 bridgehead atoms. The number of rotatable bonds is 6. The van der Waals surface area contributed by atoms with Gasteiger partial charge in [0.05, 0.1) is 0 Å². The second-order valence-corrected chi connectivity index (χ2v) is 6.24. The molecule has 1 atom stereocenters. The van der Waals surface area contributed by atoms with Gasteiger partial charge in [0, 0.05) is 12.6 Å². The van der Waals surface area contributed by atoms with Crippen molar-refractivity contribution in [1.29, 1.82) is 0 Å². The van der Waals surface area contributed by atoms with Crippen molar-refractivity contribution in [3.63, 3.8) is 0 Å². The average molecular weight is 332 g/mol. The lowest BCUT2D eigenvalue weighted by molar-refractivity contribution is -0.152. The molecule has 2 N–H and O–H groups in total. The lowest BCUT2D eigenvalue weighted by Crippen LogP contribution is -2.46. The number of esters is 1. The Hall–Kier alpha value is -2.37. The van der Waals surface area contributed by atoms with E-state index >= 15 is 0 Å². The van der Waals surface area contributed by atoms with Gasteiger partial charge in [0.2, 0.25) is 5.91 Å². The molecule has 2 rings (SSSR count). The normalized spacial score (nSPS) is 15.6. The number of carbonyl (C=O) groups excluding carboxylic acids is 3. The van der Waals surface area contributed by atoms with E-state index in [0.29, 0.717) is 5.69 Å². The second-order valence-electron chi connectivity index (χ2n) is 6.24. The van der Waals surface area contributed by atoms with Gasteiger partial charge in [0.15, 0.2) is 6.61 Å². The molecule has 1 saturated carbocycles. The van der Waals surface area contributed by atoms with Crippen LogP contribution in [0, 0.1) is 12.8 Å². The average Bonchev–Trinajstić information content (AvgIpc) is 3.06. The Morgan fingerprint density at radius 2 is 1.79 bits per heavy atom. The molecule has 1 aromatic carbocycles. The minimum atomic E-state index is -0.669. The second kappa shape index (κ2) is 8.47. The van der Waals surface area contributed by atoms with Gasteiger partial charge in [0.1, 0.15) is 6.04 Å². The fourth-order valence-corrected chi connectivity index (χ4v) is 2.94. The Morgan fingerprint density at radius 3 is 2.38 bits per heavy atom. The molecule has 0 aliphatic heterocycles. The van der Waals surface area contributed by atoms with E-state index in [-0.39, 0.29) is 18.4 Å². The van der Waals surface area contributed by atoms with Gasteiger partial charge in [-0.1, -0.05) is 30.5 Å². The van der Waals surface area contributed by atoms with Crippen LogP contribution in [0.5, 0.6) is 0 Å². The van der Waals surface area contributed by atoms with Gasteiger partial charge in [-0.3, -0.25) is 9.59 Å². The van der Waals surface area contributed by atoms with Crippen molar-refractivity contribution in [3.05, 3.63) is 29.8 Å². The number of hydrogen-bond acceptors (Lipinski definition) is 4. The van der Waals surface area contributed by atoms with E-state index in [0.717, 1.165) is 31.2 Å². The number of carbonyl (C=O) groups is 3. The summed E-state index contributed by atoms with van der Waals surface area (Å²) in [5.41, 5.74) is 1.74. The predicted molar refractivity (Wildman–Crippen MR) is 90.3 cm³/mol. The van der Waals surface area contributed by atoms with Crippen LogP contribution in [-0.4, -0.2) is 30.4 Å². The summed E-state index contributed by atoms with van der Waals surface area (Å²) < 4.78 is 5.11. The van der Waals surface area contributed by atoms with Crippen LogP contribution in [0.25, 0.3) is 0 Å². The highest BCUT2D eigenvalue weighted by atomic mass is 16.5. The molecule has 0 spiro atoms. The summed E-state index contributed by atoms with van der Waals surface area (Å²) in [6, 6.07) is 6.67. The molecule has 0 saturated heterocycles. The molecule has 6 heteroatoms. The van der Waals surface area contributed by atoms with Crippen molar-refractivity contribution in [3.8, 4) is 0 Å². The molecular formula is C18H24N2O4. The highest BCUT2D eigenvalue weighted by Gasteiger charge is 2.32. The Kier molecular flexibility index (Phi) is 6.35. The van der Waals surface area contributed by atoms with Crippen LogP contribution in [-0.2, 0) is 19.1 Å². The molecule has 1 fully saturated rings. The standard InChI is InChI=1S/C18H24N2O4/c1-12-7-9-15(10-8-12)20-16(22)11-24-18(23)17(19-13(2)21)14-5-3-4-6-14/h7-10,14,17H,3-6,11H2,1-2H3,(H,19,21)(H,20,22). The molecule has 6 nitrogen and oxygen atoms in total. The zero-order valence-electron chi connectivity index (χ0n) is 14.1. The van der Waals surface area contributed by atoms with Crippen molar-refractivity contribution in [2.24, 2.45) is 5.92 Å². The number of nitrogens with one attached hydrogen (secondary N) is 2. The molecule has 24 heavy (non-hydrogen) atoms. The largest absolute Gasteiger partial charge is 0.454 e. The van der Waals surface area contributed by atoms with Crippen LogP contribution in [0.15, 0.2) is 24.3 Å². The summed E-state index contributed by atoms with van der Waals surface area (Å²) in [6.45, 7) is 2.97. The summed E-state index contributed by atoms with van der Waals surface area (Å²) in [4.78, 5) is 35.5. The lowest BCUT2D eigenvalue weighted by atomic mass is 9.98. The first-order valence-corrected chi connectivity index (χ1v) is 8.26. The Bertz CT molecular complexity index is 592. The maximum atomic E-state index is 12.3. The third-order valence-electron chi connectivity index (χ3n) is 4.16. The monoisotopic (exact) mass is 332 g/mol. The molecule has 1 aliphatic rings. The molecule has 1 aromatic rings. The number of hydrogen-bond donors (Lipinski definition) is 2. The third-order valence-corrected chi connectivity index (χ3v) is 4.16. The van der Waals surface area contributed by atoms with Crippen LogP contribution in [0.1, 0.15) is 38.2 Å². The number of aryl methyl sites for hydroxylation is 1. The first-order chi connectivity index (χ1) is 11.5. The number of ether oxygens (including phenoxy) is 1. The minimum Gasteiger partial charge on any atom is -0.454 e. The van der Waals surface area contributed by atoms with Gasteiger partial charge < -0.3 is 15.4 Å².